The maximum absolute atomic E-state index is 14.9. The molecule has 1 fully saturated rings. The molecule has 1 saturated heterocycles. The molecule has 2 aromatic carbocycles. The minimum Gasteiger partial charge on any atom is -0.381 e. The maximum Gasteiger partial charge on any atom is 0.350 e. The Labute approximate surface area is 241 Å². The zero-order chi connectivity index (χ0) is 30.9. The fourth-order valence-corrected chi connectivity index (χ4v) is 5.23. The molecule has 5 rings (SSSR count). The van der Waals surface area contributed by atoms with E-state index in [9.17, 15) is 36.2 Å². The van der Waals surface area contributed by atoms with E-state index < -0.39 is 47.9 Å². The molecule has 0 amide bonds. The molecule has 10 nitrogen and oxygen atoms in total. The van der Waals surface area contributed by atoms with Crippen LogP contribution in [0.3, 0.4) is 0 Å². The van der Waals surface area contributed by atoms with Gasteiger partial charge >= 0.3 is 18.0 Å². The van der Waals surface area contributed by atoms with E-state index in [0.717, 1.165) is 28.7 Å². The summed E-state index contributed by atoms with van der Waals surface area (Å²) in [5, 5.41) is 19.4. The van der Waals surface area contributed by atoms with Crippen LogP contribution in [-0.2, 0) is 18.7 Å². The second-order valence-corrected chi connectivity index (χ2v) is 10.4. The van der Waals surface area contributed by atoms with E-state index in [0.29, 0.717) is 36.5 Å². The van der Waals surface area contributed by atoms with Crippen LogP contribution < -0.4 is 10.6 Å². The van der Waals surface area contributed by atoms with Gasteiger partial charge in [0.05, 0.1) is 12.2 Å². The standard InChI is InChI=1S/C27H28F6N8O2/c1-18(26(43,13-39-16-34-15-35-39)22-7-2-19(28)12-23(22)29)37-8-10-38(11-9-37)20-3-5-21(6-4-20)40-17-36-41(25(40)42)14-27(32,33)24(30)31/h2-7,12,15-18,24,43H,8-11,13-14H2,1H3/t18-,26-/m1/s1. The molecular weight excluding hydrogens is 582 g/mol. The van der Waals surface area contributed by atoms with Crippen LogP contribution in [0.1, 0.15) is 12.5 Å². The largest absolute Gasteiger partial charge is 0.381 e. The van der Waals surface area contributed by atoms with Crippen molar-refractivity contribution in [1.82, 2.24) is 34.0 Å². The second kappa shape index (κ2) is 11.8. The maximum atomic E-state index is 14.9. The Balaban J connectivity index is 1.28. The summed E-state index contributed by atoms with van der Waals surface area (Å²) >= 11 is 0. The molecule has 0 radical (unpaired) electrons. The highest BCUT2D eigenvalue weighted by molar-refractivity contribution is 5.51. The summed E-state index contributed by atoms with van der Waals surface area (Å²) in [6.07, 6.45) is -0.245. The molecule has 2 atom stereocenters. The summed E-state index contributed by atoms with van der Waals surface area (Å²) in [5.74, 6) is -6.03. The van der Waals surface area contributed by atoms with E-state index in [2.05, 4.69) is 20.1 Å². The number of piperazine rings is 1. The smallest absolute Gasteiger partial charge is 0.350 e. The first kappa shape index (κ1) is 30.3. The van der Waals surface area contributed by atoms with Crippen molar-refractivity contribution in [1.29, 1.82) is 0 Å². The SMILES string of the molecule is C[C@@H](N1CCN(c2ccc(-n3cnn(CC(F)(F)C(F)F)c3=O)cc2)CC1)[C@](O)(Cn1cncn1)c1ccc(F)cc1F. The number of aromatic nitrogens is 6. The number of hydrogen-bond donors (Lipinski definition) is 1. The number of benzene rings is 2. The highest BCUT2D eigenvalue weighted by atomic mass is 19.3. The Hall–Kier alpha value is -4.18. The van der Waals surface area contributed by atoms with Crippen molar-refractivity contribution in [3.63, 3.8) is 0 Å². The number of anilines is 1. The van der Waals surface area contributed by atoms with Crippen molar-refractivity contribution >= 4 is 5.69 Å². The van der Waals surface area contributed by atoms with Crippen LogP contribution in [-0.4, -0.2) is 83.7 Å². The van der Waals surface area contributed by atoms with Crippen molar-refractivity contribution in [3.8, 4) is 5.69 Å². The number of alkyl halides is 4. The van der Waals surface area contributed by atoms with Crippen molar-refractivity contribution in [2.24, 2.45) is 0 Å². The van der Waals surface area contributed by atoms with E-state index in [1.165, 1.54) is 23.4 Å². The number of aliphatic hydroxyl groups is 1. The lowest BCUT2D eigenvalue weighted by Gasteiger charge is -2.45. The Bertz CT molecular complexity index is 1590. The molecule has 43 heavy (non-hydrogen) atoms. The predicted octanol–water partition coefficient (Wildman–Crippen LogP) is 2.90. The summed E-state index contributed by atoms with van der Waals surface area (Å²) in [4.78, 5) is 20.4. The molecule has 3 heterocycles. The van der Waals surface area contributed by atoms with Gasteiger partial charge in [-0.3, -0.25) is 4.90 Å². The van der Waals surface area contributed by atoms with E-state index in [1.807, 2.05) is 4.90 Å². The minimum atomic E-state index is -4.40. The van der Waals surface area contributed by atoms with Gasteiger partial charge in [0.25, 0.3) is 0 Å². The van der Waals surface area contributed by atoms with Gasteiger partial charge in [-0.1, -0.05) is 6.07 Å². The minimum absolute atomic E-state index is 0.0635. The Kier molecular flexibility index (Phi) is 8.34. The third-order valence-electron chi connectivity index (χ3n) is 7.73. The van der Waals surface area contributed by atoms with Crippen LogP contribution >= 0.6 is 0 Å². The summed E-state index contributed by atoms with van der Waals surface area (Å²) in [7, 11) is 0. The lowest BCUT2D eigenvalue weighted by Crippen LogP contribution is -2.57. The van der Waals surface area contributed by atoms with E-state index in [4.69, 9.17) is 0 Å². The van der Waals surface area contributed by atoms with Gasteiger partial charge in [0, 0.05) is 49.5 Å². The molecule has 1 aliphatic heterocycles. The van der Waals surface area contributed by atoms with Gasteiger partial charge in [-0.05, 0) is 37.3 Å². The van der Waals surface area contributed by atoms with Crippen LogP contribution in [0.5, 0.6) is 0 Å². The van der Waals surface area contributed by atoms with Crippen LogP contribution in [0, 0.1) is 11.6 Å². The second-order valence-electron chi connectivity index (χ2n) is 10.4. The van der Waals surface area contributed by atoms with Gasteiger partial charge in [-0.2, -0.15) is 19.0 Å². The fraction of sp³-hybridized carbons (Fsp3) is 0.407. The summed E-state index contributed by atoms with van der Waals surface area (Å²) in [6.45, 7) is 2.11. The van der Waals surface area contributed by atoms with Crippen molar-refractivity contribution in [2.45, 2.75) is 44.0 Å². The monoisotopic (exact) mass is 610 g/mol. The zero-order valence-corrected chi connectivity index (χ0v) is 22.9. The average molecular weight is 611 g/mol. The summed E-state index contributed by atoms with van der Waals surface area (Å²) in [5.41, 5.74) is -1.71. The Morgan fingerprint density at radius 1 is 0.930 bits per heavy atom. The first-order valence-corrected chi connectivity index (χ1v) is 13.3. The lowest BCUT2D eigenvalue weighted by atomic mass is 9.85. The quantitative estimate of drug-likeness (QED) is 0.276. The van der Waals surface area contributed by atoms with E-state index >= 15 is 0 Å². The van der Waals surface area contributed by atoms with Crippen molar-refractivity contribution in [3.05, 3.63) is 89.1 Å². The van der Waals surface area contributed by atoms with Gasteiger partial charge in [-0.25, -0.2) is 41.3 Å². The molecule has 1 aliphatic rings. The predicted molar refractivity (Wildman–Crippen MR) is 142 cm³/mol. The molecule has 0 unspecified atom stereocenters. The molecular formula is C27H28F6N8O2. The van der Waals surface area contributed by atoms with Gasteiger partial charge in [0.15, 0.2) is 0 Å². The van der Waals surface area contributed by atoms with Gasteiger partial charge in [0.1, 0.15) is 42.8 Å². The van der Waals surface area contributed by atoms with Gasteiger partial charge < -0.3 is 10.0 Å². The van der Waals surface area contributed by atoms with Crippen LogP contribution in [0.4, 0.5) is 32.0 Å². The Morgan fingerprint density at radius 3 is 2.21 bits per heavy atom. The fourth-order valence-electron chi connectivity index (χ4n) is 5.23. The molecule has 230 valence electrons. The van der Waals surface area contributed by atoms with E-state index in [-0.39, 0.29) is 12.1 Å². The first-order chi connectivity index (χ1) is 20.4. The molecule has 16 heteroatoms. The summed E-state index contributed by atoms with van der Waals surface area (Å²) in [6, 6.07) is 9.05. The topological polar surface area (TPSA) is 97.2 Å². The number of halogens is 6. The third-order valence-corrected chi connectivity index (χ3v) is 7.73. The highest BCUT2D eigenvalue weighted by Gasteiger charge is 2.43. The molecule has 1 N–H and O–H groups in total. The number of rotatable bonds is 10. The van der Waals surface area contributed by atoms with Gasteiger partial charge in [-0.15, -0.1) is 0 Å². The van der Waals surface area contributed by atoms with Gasteiger partial charge in [0.2, 0.25) is 0 Å². The summed E-state index contributed by atoms with van der Waals surface area (Å²) < 4.78 is 83.1. The first-order valence-electron chi connectivity index (χ1n) is 13.3. The lowest BCUT2D eigenvalue weighted by molar-refractivity contribution is -0.139. The van der Waals surface area contributed by atoms with Crippen molar-refractivity contribution < 1.29 is 31.4 Å². The highest BCUT2D eigenvalue weighted by Crippen LogP contribution is 2.33. The molecule has 0 bridgehead atoms. The molecule has 2 aromatic heterocycles. The van der Waals surface area contributed by atoms with Crippen LogP contribution in [0.2, 0.25) is 0 Å². The molecule has 0 aliphatic carbocycles. The normalized spacial score (nSPS) is 16.9. The van der Waals surface area contributed by atoms with Crippen LogP contribution in [0.15, 0.2) is 66.2 Å². The zero-order valence-electron chi connectivity index (χ0n) is 22.9. The number of nitrogens with zero attached hydrogens (tertiary/aromatic N) is 8. The molecule has 0 spiro atoms. The molecule has 0 saturated carbocycles. The van der Waals surface area contributed by atoms with E-state index in [1.54, 1.807) is 31.2 Å². The third kappa shape index (κ3) is 6.15. The number of hydrogen-bond acceptors (Lipinski definition) is 7. The van der Waals surface area contributed by atoms with Crippen LogP contribution in [0.25, 0.3) is 5.69 Å². The average Bonchev–Trinajstić information content (AvgIpc) is 3.62. The molecule has 4 aromatic rings. The van der Waals surface area contributed by atoms with Crippen molar-refractivity contribution in [2.75, 3.05) is 31.1 Å². The Morgan fingerprint density at radius 2 is 1.60 bits per heavy atom.